The number of fused-ring (bicyclic) bond motifs is 2. The SMILES string of the molecule is NC1=CCC2=c3[nH]c(=O)c(=O)[nH]c3=CC2=C1. The first kappa shape index (κ1) is 8.96. The van der Waals surface area contributed by atoms with E-state index in [-0.39, 0.29) is 0 Å². The normalized spacial score (nSPS) is 17.1. The van der Waals surface area contributed by atoms with E-state index >= 15 is 0 Å². The van der Waals surface area contributed by atoms with E-state index in [2.05, 4.69) is 9.97 Å². The van der Waals surface area contributed by atoms with Crippen LogP contribution in [0, 0.1) is 0 Å². The number of nitrogens with two attached hydrogens (primary N) is 1. The van der Waals surface area contributed by atoms with Crippen LogP contribution in [0.15, 0.2) is 33.0 Å². The van der Waals surface area contributed by atoms with Gasteiger partial charge in [-0.05, 0) is 29.7 Å². The van der Waals surface area contributed by atoms with E-state index in [1.54, 1.807) is 0 Å². The molecule has 1 aromatic heterocycles. The molecule has 16 heavy (non-hydrogen) atoms. The largest absolute Gasteiger partial charge is 0.399 e. The Morgan fingerprint density at radius 3 is 2.69 bits per heavy atom. The molecule has 0 aromatic carbocycles. The number of aromatic amines is 2. The van der Waals surface area contributed by atoms with Crippen molar-refractivity contribution in [2.45, 2.75) is 6.42 Å². The topological polar surface area (TPSA) is 91.7 Å². The molecule has 2 aliphatic rings. The van der Waals surface area contributed by atoms with Crippen molar-refractivity contribution in [3.8, 4) is 0 Å². The Morgan fingerprint density at radius 1 is 1.12 bits per heavy atom. The van der Waals surface area contributed by atoms with E-state index in [1.165, 1.54) is 0 Å². The minimum absolute atomic E-state index is 0.622. The molecule has 0 aliphatic heterocycles. The molecule has 0 saturated heterocycles. The van der Waals surface area contributed by atoms with Crippen LogP contribution in [-0.2, 0) is 0 Å². The quantitative estimate of drug-likeness (QED) is 0.445. The molecule has 0 amide bonds. The minimum atomic E-state index is -0.629. The van der Waals surface area contributed by atoms with E-state index in [0.717, 1.165) is 11.1 Å². The Bertz CT molecular complexity index is 775. The Hall–Kier alpha value is -2.30. The number of aromatic nitrogens is 2. The predicted molar refractivity (Wildman–Crippen MR) is 59.8 cm³/mol. The van der Waals surface area contributed by atoms with Gasteiger partial charge in [-0.3, -0.25) is 9.59 Å². The zero-order valence-electron chi connectivity index (χ0n) is 8.33. The summed E-state index contributed by atoms with van der Waals surface area (Å²) in [6.45, 7) is 0. The van der Waals surface area contributed by atoms with Crippen LogP contribution in [0.1, 0.15) is 6.42 Å². The molecule has 5 heteroatoms. The summed E-state index contributed by atoms with van der Waals surface area (Å²) < 4.78 is 0. The predicted octanol–water partition coefficient (Wildman–Crippen LogP) is -1.82. The van der Waals surface area contributed by atoms with Crippen molar-refractivity contribution in [3.63, 3.8) is 0 Å². The summed E-state index contributed by atoms with van der Waals surface area (Å²) in [7, 11) is 0. The molecule has 2 aliphatic carbocycles. The summed E-state index contributed by atoms with van der Waals surface area (Å²) in [6.07, 6.45) is 6.20. The van der Waals surface area contributed by atoms with Crippen LogP contribution in [0.5, 0.6) is 0 Å². The lowest BCUT2D eigenvalue weighted by Gasteiger charge is -2.08. The monoisotopic (exact) mass is 215 g/mol. The number of nitrogens with one attached hydrogen (secondary N) is 2. The highest BCUT2D eigenvalue weighted by molar-refractivity contribution is 5.83. The summed E-state index contributed by atoms with van der Waals surface area (Å²) in [5.41, 5.74) is 7.09. The second kappa shape index (κ2) is 2.85. The molecule has 80 valence electrons. The van der Waals surface area contributed by atoms with Crippen molar-refractivity contribution < 1.29 is 0 Å². The Labute approximate surface area is 89.3 Å². The standard InChI is InChI=1S/C11H9N3O2/c12-6-1-2-7-5(3-6)4-8-9(7)14-11(16)10(15)13-8/h1,3-4H,2,12H2,(H,13,15)(H,14,16). The van der Waals surface area contributed by atoms with Crippen LogP contribution < -0.4 is 27.6 Å². The second-order valence-electron chi connectivity index (χ2n) is 3.83. The summed E-state index contributed by atoms with van der Waals surface area (Å²) in [5, 5.41) is 1.34. The van der Waals surface area contributed by atoms with Gasteiger partial charge in [-0.25, -0.2) is 0 Å². The van der Waals surface area contributed by atoms with Gasteiger partial charge in [0.1, 0.15) is 0 Å². The van der Waals surface area contributed by atoms with Crippen molar-refractivity contribution in [2.75, 3.05) is 0 Å². The van der Waals surface area contributed by atoms with Crippen LogP contribution in [0.25, 0.3) is 11.6 Å². The summed E-state index contributed by atoms with van der Waals surface area (Å²) in [5.74, 6) is 0. The van der Waals surface area contributed by atoms with Gasteiger partial charge in [-0.2, -0.15) is 0 Å². The second-order valence-corrected chi connectivity index (χ2v) is 3.83. The van der Waals surface area contributed by atoms with Gasteiger partial charge in [-0.1, -0.05) is 6.08 Å². The minimum Gasteiger partial charge on any atom is -0.399 e. The van der Waals surface area contributed by atoms with E-state index in [1.807, 2.05) is 18.2 Å². The fraction of sp³-hybridized carbons (Fsp3) is 0.0909. The van der Waals surface area contributed by atoms with Crippen LogP contribution in [0.3, 0.4) is 0 Å². The Morgan fingerprint density at radius 2 is 1.88 bits per heavy atom. The van der Waals surface area contributed by atoms with E-state index < -0.39 is 11.1 Å². The molecular formula is C11H9N3O2. The fourth-order valence-electron chi connectivity index (χ4n) is 2.02. The van der Waals surface area contributed by atoms with Gasteiger partial charge in [-0.15, -0.1) is 0 Å². The van der Waals surface area contributed by atoms with Crippen LogP contribution >= 0.6 is 0 Å². The molecule has 4 N–H and O–H groups in total. The maximum absolute atomic E-state index is 11.2. The highest BCUT2D eigenvalue weighted by Gasteiger charge is 2.15. The maximum atomic E-state index is 11.2. The van der Waals surface area contributed by atoms with Gasteiger partial charge in [0.05, 0.1) is 10.7 Å². The average Bonchev–Trinajstić information content (AvgIpc) is 2.55. The molecule has 1 aromatic rings. The van der Waals surface area contributed by atoms with Gasteiger partial charge >= 0.3 is 11.1 Å². The third kappa shape index (κ3) is 1.11. The molecule has 0 spiro atoms. The zero-order chi connectivity index (χ0) is 11.3. The van der Waals surface area contributed by atoms with Gasteiger partial charge in [0.2, 0.25) is 0 Å². The maximum Gasteiger partial charge on any atom is 0.314 e. The lowest BCUT2D eigenvalue weighted by molar-refractivity contribution is 1.00. The third-order valence-corrected chi connectivity index (χ3v) is 2.78. The Kier molecular flexibility index (Phi) is 1.60. The smallest absolute Gasteiger partial charge is 0.314 e. The van der Waals surface area contributed by atoms with Crippen LogP contribution in [0.4, 0.5) is 0 Å². The van der Waals surface area contributed by atoms with E-state index in [4.69, 9.17) is 5.73 Å². The van der Waals surface area contributed by atoms with Gasteiger partial charge < -0.3 is 15.7 Å². The Balaban J connectivity index is 2.46. The van der Waals surface area contributed by atoms with Crippen molar-refractivity contribution in [3.05, 3.63) is 54.8 Å². The van der Waals surface area contributed by atoms with Gasteiger partial charge in [0, 0.05) is 5.70 Å². The molecule has 0 radical (unpaired) electrons. The van der Waals surface area contributed by atoms with Gasteiger partial charge in [0.15, 0.2) is 0 Å². The number of allylic oxidation sites excluding steroid dienone is 3. The molecule has 0 atom stereocenters. The fourth-order valence-corrected chi connectivity index (χ4v) is 2.02. The van der Waals surface area contributed by atoms with Crippen LogP contribution in [-0.4, -0.2) is 9.97 Å². The first-order valence-electron chi connectivity index (χ1n) is 4.90. The molecular weight excluding hydrogens is 206 g/mol. The lowest BCUT2D eigenvalue weighted by atomic mass is 9.99. The summed E-state index contributed by atoms with van der Waals surface area (Å²) in [6, 6.07) is 0. The first-order valence-corrected chi connectivity index (χ1v) is 4.90. The van der Waals surface area contributed by atoms with Crippen molar-refractivity contribution in [1.82, 2.24) is 9.97 Å². The van der Waals surface area contributed by atoms with Crippen LogP contribution in [0.2, 0.25) is 0 Å². The number of H-pyrrole nitrogens is 2. The molecule has 0 saturated carbocycles. The summed E-state index contributed by atoms with van der Waals surface area (Å²) >= 11 is 0. The molecule has 3 rings (SSSR count). The molecule has 0 bridgehead atoms. The lowest BCUT2D eigenvalue weighted by Crippen LogP contribution is -2.46. The van der Waals surface area contributed by atoms with Gasteiger partial charge in [0.25, 0.3) is 0 Å². The number of rotatable bonds is 0. The highest BCUT2D eigenvalue weighted by atomic mass is 16.2. The zero-order valence-corrected chi connectivity index (χ0v) is 8.33. The number of hydrogen-bond acceptors (Lipinski definition) is 3. The van der Waals surface area contributed by atoms with Crippen molar-refractivity contribution >= 4 is 11.6 Å². The molecule has 0 fully saturated rings. The van der Waals surface area contributed by atoms with Crippen molar-refractivity contribution in [1.29, 1.82) is 0 Å². The first-order chi connectivity index (χ1) is 7.65. The third-order valence-electron chi connectivity index (χ3n) is 2.78. The average molecular weight is 215 g/mol. The highest BCUT2D eigenvalue weighted by Crippen LogP contribution is 2.23. The van der Waals surface area contributed by atoms with Crippen molar-refractivity contribution in [2.24, 2.45) is 5.73 Å². The van der Waals surface area contributed by atoms with E-state index in [9.17, 15) is 9.59 Å². The van der Waals surface area contributed by atoms with E-state index in [0.29, 0.717) is 22.8 Å². The number of hydrogen-bond donors (Lipinski definition) is 3. The molecule has 5 nitrogen and oxygen atoms in total. The molecule has 0 unspecified atom stereocenters. The summed E-state index contributed by atoms with van der Waals surface area (Å²) in [4.78, 5) is 27.5. The molecule has 1 heterocycles.